The van der Waals surface area contributed by atoms with Crippen LogP contribution in [0, 0.1) is 0 Å². The number of aldehydes is 1. The van der Waals surface area contributed by atoms with Crippen LogP contribution in [0.5, 0.6) is 5.75 Å². The van der Waals surface area contributed by atoms with Crippen LogP contribution in [0.2, 0.25) is 0 Å². The monoisotopic (exact) mass is 371 g/mol. The number of furan rings is 1. The lowest BCUT2D eigenvalue weighted by atomic mass is 10.1. The molecule has 1 aliphatic rings. The number of carbonyl (C=O) groups excluding carboxylic acids is 2. The lowest BCUT2D eigenvalue weighted by molar-refractivity contribution is 0.00781. The van der Waals surface area contributed by atoms with E-state index in [1.165, 1.54) is 0 Å². The smallest absolute Gasteiger partial charge is 0.410 e. The highest BCUT2D eigenvalue weighted by Crippen LogP contribution is 2.32. The standard InChI is InChI=1S/C21H25NO5/c1-21(2,3)27-20(24)22-12-6-7-15(13-22)25-18-9-5-4-8-17(18)19-11-10-16(14-23)26-19/h4-5,8-11,14-15H,6-7,12-13H2,1-3H3. The van der Waals surface area contributed by atoms with Gasteiger partial charge >= 0.3 is 6.09 Å². The number of hydrogen-bond donors (Lipinski definition) is 0. The summed E-state index contributed by atoms with van der Waals surface area (Å²) in [6.45, 7) is 6.71. The number of carbonyl (C=O) groups is 2. The van der Waals surface area contributed by atoms with Gasteiger partial charge in [0.05, 0.1) is 12.1 Å². The van der Waals surface area contributed by atoms with E-state index in [1.807, 2.05) is 45.0 Å². The number of hydrogen-bond acceptors (Lipinski definition) is 5. The Labute approximate surface area is 159 Å². The van der Waals surface area contributed by atoms with Gasteiger partial charge in [0.15, 0.2) is 12.0 Å². The Balaban J connectivity index is 1.72. The molecule has 3 rings (SSSR count). The van der Waals surface area contributed by atoms with Crippen LogP contribution in [0.4, 0.5) is 4.79 Å². The first-order valence-corrected chi connectivity index (χ1v) is 9.15. The molecule has 1 aromatic carbocycles. The Morgan fingerprint density at radius 1 is 1.22 bits per heavy atom. The summed E-state index contributed by atoms with van der Waals surface area (Å²) in [4.78, 5) is 24.9. The maximum atomic E-state index is 12.3. The minimum atomic E-state index is -0.521. The van der Waals surface area contributed by atoms with Gasteiger partial charge in [-0.05, 0) is 57.9 Å². The molecule has 2 aromatic rings. The van der Waals surface area contributed by atoms with Gasteiger partial charge in [-0.2, -0.15) is 0 Å². The van der Waals surface area contributed by atoms with Crippen LogP contribution in [0.3, 0.4) is 0 Å². The summed E-state index contributed by atoms with van der Waals surface area (Å²) in [6, 6.07) is 10.9. The average molecular weight is 371 g/mol. The summed E-state index contributed by atoms with van der Waals surface area (Å²) in [7, 11) is 0. The highest BCUT2D eigenvalue weighted by molar-refractivity contribution is 5.74. The Morgan fingerprint density at radius 2 is 2.00 bits per heavy atom. The molecule has 144 valence electrons. The van der Waals surface area contributed by atoms with Gasteiger partial charge in [-0.25, -0.2) is 4.79 Å². The number of piperidine rings is 1. The van der Waals surface area contributed by atoms with Gasteiger partial charge in [-0.15, -0.1) is 0 Å². The Hall–Kier alpha value is -2.76. The third-order valence-electron chi connectivity index (χ3n) is 4.22. The summed E-state index contributed by atoms with van der Waals surface area (Å²) in [5.74, 6) is 1.52. The molecule has 1 atom stereocenters. The van der Waals surface area contributed by atoms with Crippen molar-refractivity contribution in [1.29, 1.82) is 0 Å². The van der Waals surface area contributed by atoms with Crippen LogP contribution >= 0.6 is 0 Å². The lowest BCUT2D eigenvalue weighted by Crippen LogP contribution is -2.46. The molecule has 1 fully saturated rings. The maximum Gasteiger partial charge on any atom is 0.410 e. The molecular formula is C21H25NO5. The van der Waals surface area contributed by atoms with Gasteiger partial charge in [-0.1, -0.05) is 12.1 Å². The van der Waals surface area contributed by atoms with Gasteiger partial charge in [0.25, 0.3) is 0 Å². The summed E-state index contributed by atoms with van der Waals surface area (Å²) in [6.07, 6.45) is 1.93. The molecule has 2 heterocycles. The first-order valence-electron chi connectivity index (χ1n) is 9.15. The normalized spacial score (nSPS) is 17.4. The highest BCUT2D eigenvalue weighted by Gasteiger charge is 2.29. The van der Waals surface area contributed by atoms with Crippen LogP contribution in [-0.4, -0.2) is 42.1 Å². The largest absolute Gasteiger partial charge is 0.488 e. The summed E-state index contributed by atoms with van der Waals surface area (Å²) < 4.78 is 17.2. The molecule has 0 N–H and O–H groups in total. The van der Waals surface area contributed by atoms with Crippen LogP contribution in [-0.2, 0) is 4.74 Å². The first-order chi connectivity index (χ1) is 12.9. The van der Waals surface area contributed by atoms with E-state index in [4.69, 9.17) is 13.9 Å². The molecule has 0 aliphatic carbocycles. The van der Waals surface area contributed by atoms with Crippen molar-refractivity contribution in [2.45, 2.75) is 45.3 Å². The molecule has 1 saturated heterocycles. The van der Waals surface area contributed by atoms with Crippen LogP contribution < -0.4 is 4.74 Å². The van der Waals surface area contributed by atoms with E-state index < -0.39 is 5.60 Å². The molecule has 0 bridgehead atoms. The zero-order valence-corrected chi connectivity index (χ0v) is 15.9. The molecule has 0 saturated carbocycles. The van der Waals surface area contributed by atoms with Crippen molar-refractivity contribution in [2.24, 2.45) is 0 Å². The fourth-order valence-corrected chi connectivity index (χ4v) is 3.04. The van der Waals surface area contributed by atoms with E-state index in [2.05, 4.69) is 0 Å². The number of benzene rings is 1. The Kier molecular flexibility index (Phi) is 5.54. The minimum absolute atomic E-state index is 0.132. The summed E-state index contributed by atoms with van der Waals surface area (Å²) in [5, 5.41) is 0. The Bertz CT molecular complexity index is 805. The average Bonchev–Trinajstić information content (AvgIpc) is 3.10. The third-order valence-corrected chi connectivity index (χ3v) is 4.22. The van der Waals surface area contributed by atoms with Crippen molar-refractivity contribution in [3.05, 3.63) is 42.2 Å². The highest BCUT2D eigenvalue weighted by atomic mass is 16.6. The number of para-hydroxylation sites is 1. The number of rotatable bonds is 4. The van der Waals surface area contributed by atoms with Crippen molar-refractivity contribution < 1.29 is 23.5 Å². The van der Waals surface area contributed by atoms with Crippen molar-refractivity contribution in [3.8, 4) is 17.1 Å². The predicted molar refractivity (Wildman–Crippen MR) is 101 cm³/mol. The van der Waals surface area contributed by atoms with E-state index in [0.29, 0.717) is 30.9 Å². The summed E-state index contributed by atoms with van der Waals surface area (Å²) >= 11 is 0. The SMILES string of the molecule is CC(C)(C)OC(=O)N1CCCC(Oc2ccccc2-c2ccc(C=O)o2)C1. The van der Waals surface area contributed by atoms with Gasteiger partial charge in [-0.3, -0.25) is 4.79 Å². The molecule has 27 heavy (non-hydrogen) atoms. The summed E-state index contributed by atoms with van der Waals surface area (Å²) in [5.41, 5.74) is 0.257. The van der Waals surface area contributed by atoms with E-state index in [-0.39, 0.29) is 18.0 Å². The molecule has 6 heteroatoms. The number of nitrogens with zero attached hydrogens (tertiary/aromatic N) is 1. The molecule has 1 aliphatic heterocycles. The number of ether oxygens (including phenoxy) is 2. The minimum Gasteiger partial charge on any atom is -0.488 e. The molecular weight excluding hydrogens is 346 g/mol. The third kappa shape index (κ3) is 4.90. The topological polar surface area (TPSA) is 69.0 Å². The van der Waals surface area contributed by atoms with Gasteiger partial charge < -0.3 is 18.8 Å². The van der Waals surface area contributed by atoms with Crippen molar-refractivity contribution in [3.63, 3.8) is 0 Å². The predicted octanol–water partition coefficient (Wildman–Crippen LogP) is 4.54. The zero-order valence-electron chi connectivity index (χ0n) is 15.9. The molecule has 1 aromatic heterocycles. The fraction of sp³-hybridized carbons (Fsp3) is 0.429. The van der Waals surface area contributed by atoms with Crippen LogP contribution in [0.15, 0.2) is 40.8 Å². The van der Waals surface area contributed by atoms with Crippen molar-refractivity contribution in [1.82, 2.24) is 4.90 Å². The van der Waals surface area contributed by atoms with Gasteiger partial charge in [0.2, 0.25) is 0 Å². The quantitative estimate of drug-likeness (QED) is 0.738. The molecule has 1 amide bonds. The van der Waals surface area contributed by atoms with Gasteiger partial charge in [0.1, 0.15) is 23.2 Å². The van der Waals surface area contributed by atoms with E-state index in [1.54, 1.807) is 17.0 Å². The van der Waals surface area contributed by atoms with Crippen molar-refractivity contribution >= 4 is 12.4 Å². The van der Waals surface area contributed by atoms with Crippen LogP contribution in [0.1, 0.15) is 44.2 Å². The number of amides is 1. The second-order valence-electron chi connectivity index (χ2n) is 7.62. The first kappa shape index (κ1) is 19.0. The zero-order chi connectivity index (χ0) is 19.4. The molecule has 0 spiro atoms. The second-order valence-corrected chi connectivity index (χ2v) is 7.62. The Morgan fingerprint density at radius 3 is 2.70 bits per heavy atom. The molecule has 0 radical (unpaired) electrons. The van der Waals surface area contributed by atoms with E-state index in [9.17, 15) is 9.59 Å². The second kappa shape index (κ2) is 7.86. The van der Waals surface area contributed by atoms with E-state index in [0.717, 1.165) is 18.4 Å². The fourth-order valence-electron chi connectivity index (χ4n) is 3.04. The van der Waals surface area contributed by atoms with E-state index >= 15 is 0 Å². The number of likely N-dealkylation sites (tertiary alicyclic amines) is 1. The van der Waals surface area contributed by atoms with Crippen LogP contribution in [0.25, 0.3) is 11.3 Å². The van der Waals surface area contributed by atoms with Gasteiger partial charge in [0, 0.05) is 6.54 Å². The van der Waals surface area contributed by atoms with Crippen molar-refractivity contribution in [2.75, 3.05) is 13.1 Å². The maximum absolute atomic E-state index is 12.3. The lowest BCUT2D eigenvalue weighted by Gasteiger charge is -2.34. The molecule has 6 nitrogen and oxygen atoms in total. The molecule has 1 unspecified atom stereocenters.